The lowest BCUT2D eigenvalue weighted by Crippen LogP contribution is -2.45. The second kappa shape index (κ2) is 6.45. The molecule has 10 heteroatoms. The second-order valence-electron chi connectivity index (χ2n) is 5.94. The van der Waals surface area contributed by atoms with Crippen LogP contribution in [0.4, 0.5) is 13.2 Å². The molecule has 0 amide bonds. The summed E-state index contributed by atoms with van der Waals surface area (Å²) < 4.78 is 44.0. The number of halogens is 4. The van der Waals surface area contributed by atoms with Gasteiger partial charge in [0.05, 0.1) is 15.5 Å². The quantitative estimate of drug-likeness (QED) is 0.818. The summed E-state index contributed by atoms with van der Waals surface area (Å²) in [5.74, 6) is 0. The maximum atomic E-state index is 13.1. The highest BCUT2D eigenvalue weighted by atomic mass is 35.5. The van der Waals surface area contributed by atoms with Crippen LogP contribution in [0.25, 0.3) is 10.4 Å². The highest BCUT2D eigenvalue weighted by molar-refractivity contribution is 7.16. The van der Waals surface area contributed by atoms with Crippen molar-refractivity contribution in [2.75, 3.05) is 0 Å². The topological polar surface area (TPSA) is 84.3 Å². The standard InChI is InChI=1S/C16H12ClF3N4OS/c1-15(4-12(16(18,19)20)25-14(22)24-15)13-10(17)3-11(26-13)9-2-8(5-21)6-23-7-9/h2-3,6-7,12H,4H2,1H3,(H2,22,24). The van der Waals surface area contributed by atoms with E-state index < -0.39 is 30.3 Å². The number of rotatable bonds is 2. The van der Waals surface area contributed by atoms with Gasteiger partial charge in [0, 0.05) is 29.3 Å². The number of nitriles is 1. The van der Waals surface area contributed by atoms with Gasteiger partial charge in [-0.1, -0.05) is 11.6 Å². The van der Waals surface area contributed by atoms with Crippen LogP contribution in [-0.4, -0.2) is 23.3 Å². The average molecular weight is 401 g/mol. The number of aromatic nitrogens is 1. The molecule has 1 aliphatic rings. The summed E-state index contributed by atoms with van der Waals surface area (Å²) in [6, 6.07) is 4.71. The highest BCUT2D eigenvalue weighted by Gasteiger charge is 2.50. The molecular weight excluding hydrogens is 389 g/mol. The van der Waals surface area contributed by atoms with Crippen molar-refractivity contribution in [2.24, 2.45) is 10.7 Å². The van der Waals surface area contributed by atoms with E-state index in [0.29, 0.717) is 20.9 Å². The van der Waals surface area contributed by atoms with Crippen LogP contribution >= 0.6 is 22.9 Å². The molecule has 2 unspecified atom stereocenters. The van der Waals surface area contributed by atoms with Crippen LogP contribution < -0.4 is 5.73 Å². The van der Waals surface area contributed by atoms with Crippen molar-refractivity contribution in [1.82, 2.24) is 4.98 Å². The average Bonchev–Trinajstić information content (AvgIpc) is 2.96. The fraction of sp³-hybridized carbons (Fsp3) is 0.312. The number of hydrogen-bond donors (Lipinski definition) is 1. The predicted octanol–water partition coefficient (Wildman–Crippen LogP) is 4.22. The first kappa shape index (κ1) is 18.5. The van der Waals surface area contributed by atoms with Crippen molar-refractivity contribution in [3.63, 3.8) is 0 Å². The third kappa shape index (κ3) is 3.48. The van der Waals surface area contributed by atoms with Crippen LogP contribution in [0.3, 0.4) is 0 Å². The molecule has 0 fully saturated rings. The minimum Gasteiger partial charge on any atom is -0.452 e. The van der Waals surface area contributed by atoms with Gasteiger partial charge in [0.25, 0.3) is 6.02 Å². The third-order valence-electron chi connectivity index (χ3n) is 3.90. The largest absolute Gasteiger partial charge is 0.452 e. The SMILES string of the molecule is CC1(c2sc(-c3cncc(C#N)c3)cc2Cl)CC(C(F)(F)F)OC(N)=N1. The Morgan fingerprint density at radius 1 is 1.42 bits per heavy atom. The van der Waals surface area contributed by atoms with Gasteiger partial charge < -0.3 is 10.5 Å². The molecule has 5 nitrogen and oxygen atoms in total. The number of nitrogens with zero attached hydrogens (tertiary/aromatic N) is 3. The first-order valence-corrected chi connectivity index (χ1v) is 8.56. The molecular formula is C16H12ClF3N4OS. The van der Waals surface area contributed by atoms with E-state index in [9.17, 15) is 13.2 Å². The molecule has 0 saturated heterocycles. The maximum Gasteiger partial charge on any atom is 0.425 e. The fourth-order valence-corrected chi connectivity index (χ4v) is 4.33. The summed E-state index contributed by atoms with van der Waals surface area (Å²) in [5.41, 5.74) is 5.22. The molecule has 1 aliphatic heterocycles. The number of ether oxygens (including phenoxy) is 1. The Morgan fingerprint density at radius 3 is 2.81 bits per heavy atom. The Morgan fingerprint density at radius 2 is 2.15 bits per heavy atom. The summed E-state index contributed by atoms with van der Waals surface area (Å²) >= 11 is 7.48. The number of aliphatic imine (C=N–C) groups is 1. The zero-order chi connectivity index (χ0) is 19.1. The summed E-state index contributed by atoms with van der Waals surface area (Å²) in [5, 5.41) is 9.26. The lowest BCUT2D eigenvalue weighted by Gasteiger charge is -2.35. The minimum absolute atomic E-state index is 0.272. The van der Waals surface area contributed by atoms with Crippen LogP contribution in [0.5, 0.6) is 0 Å². The summed E-state index contributed by atoms with van der Waals surface area (Å²) in [4.78, 5) is 9.17. The molecule has 0 spiro atoms. The van der Waals surface area contributed by atoms with Crippen LogP contribution in [0.1, 0.15) is 23.8 Å². The minimum atomic E-state index is -4.57. The smallest absolute Gasteiger partial charge is 0.425 e. The number of hydrogen-bond acceptors (Lipinski definition) is 6. The van der Waals surface area contributed by atoms with E-state index in [1.54, 1.807) is 18.3 Å². The van der Waals surface area contributed by atoms with Gasteiger partial charge in [-0.3, -0.25) is 4.98 Å². The van der Waals surface area contributed by atoms with Gasteiger partial charge in [0.2, 0.25) is 0 Å². The Bertz CT molecular complexity index is 921. The van der Waals surface area contributed by atoms with Crippen LogP contribution in [0.2, 0.25) is 5.02 Å². The second-order valence-corrected chi connectivity index (χ2v) is 7.40. The summed E-state index contributed by atoms with van der Waals surface area (Å²) in [7, 11) is 0. The molecule has 0 aromatic carbocycles. The molecule has 2 aromatic heterocycles. The Hall–Kier alpha value is -2.31. The zero-order valence-corrected chi connectivity index (χ0v) is 14.9. The van der Waals surface area contributed by atoms with Gasteiger partial charge in [-0.15, -0.1) is 11.3 Å². The Labute approximate surface area is 155 Å². The van der Waals surface area contributed by atoms with Crippen molar-refractivity contribution < 1.29 is 17.9 Å². The lowest BCUT2D eigenvalue weighted by molar-refractivity contribution is -0.208. The first-order chi connectivity index (χ1) is 12.1. The molecule has 0 saturated carbocycles. The van der Waals surface area contributed by atoms with Gasteiger partial charge in [-0.2, -0.15) is 18.4 Å². The monoisotopic (exact) mass is 400 g/mol. The molecule has 2 N–H and O–H groups in total. The fourth-order valence-electron chi connectivity index (χ4n) is 2.70. The number of alkyl halides is 3. The molecule has 3 rings (SSSR count). The van der Waals surface area contributed by atoms with Crippen LogP contribution in [-0.2, 0) is 10.3 Å². The van der Waals surface area contributed by atoms with Gasteiger partial charge in [0.15, 0.2) is 6.10 Å². The van der Waals surface area contributed by atoms with E-state index in [1.165, 1.54) is 24.5 Å². The number of pyridine rings is 1. The van der Waals surface area contributed by atoms with E-state index >= 15 is 0 Å². The highest BCUT2D eigenvalue weighted by Crippen LogP contribution is 2.47. The van der Waals surface area contributed by atoms with Crippen molar-refractivity contribution in [1.29, 1.82) is 5.26 Å². The number of nitrogens with two attached hydrogens (primary N) is 1. The molecule has 26 heavy (non-hydrogen) atoms. The molecule has 3 heterocycles. The number of thiophene rings is 1. The van der Waals surface area contributed by atoms with E-state index in [-0.39, 0.29) is 5.02 Å². The van der Waals surface area contributed by atoms with Crippen LogP contribution in [0, 0.1) is 11.3 Å². The number of amidine groups is 1. The third-order valence-corrected chi connectivity index (χ3v) is 5.74. The van der Waals surface area contributed by atoms with E-state index in [0.717, 1.165) is 0 Å². The molecule has 136 valence electrons. The van der Waals surface area contributed by atoms with Gasteiger partial charge >= 0.3 is 6.18 Å². The lowest BCUT2D eigenvalue weighted by atomic mass is 9.92. The summed E-state index contributed by atoms with van der Waals surface area (Å²) in [6.45, 7) is 1.53. The Balaban J connectivity index is 2.03. The van der Waals surface area contributed by atoms with Crippen molar-refractivity contribution in [2.45, 2.75) is 31.2 Å². The van der Waals surface area contributed by atoms with Crippen molar-refractivity contribution >= 4 is 29.0 Å². The first-order valence-electron chi connectivity index (χ1n) is 7.36. The van der Waals surface area contributed by atoms with E-state index in [1.807, 2.05) is 6.07 Å². The molecule has 0 bridgehead atoms. The molecule has 0 radical (unpaired) electrons. The molecule has 0 aliphatic carbocycles. The van der Waals surface area contributed by atoms with E-state index in [2.05, 4.69) is 14.7 Å². The van der Waals surface area contributed by atoms with Crippen molar-refractivity contribution in [3.05, 3.63) is 40.0 Å². The van der Waals surface area contributed by atoms with Gasteiger partial charge in [0.1, 0.15) is 11.6 Å². The zero-order valence-electron chi connectivity index (χ0n) is 13.3. The van der Waals surface area contributed by atoms with E-state index in [4.69, 9.17) is 22.6 Å². The van der Waals surface area contributed by atoms with Gasteiger partial charge in [-0.25, -0.2) is 4.99 Å². The summed E-state index contributed by atoms with van der Waals surface area (Å²) in [6.07, 6.45) is -4.10. The predicted molar refractivity (Wildman–Crippen MR) is 91.8 cm³/mol. The molecule has 2 aromatic rings. The van der Waals surface area contributed by atoms with Crippen molar-refractivity contribution in [3.8, 4) is 16.5 Å². The Kier molecular flexibility index (Phi) is 4.58. The van der Waals surface area contributed by atoms with Crippen LogP contribution in [0.15, 0.2) is 29.5 Å². The maximum absolute atomic E-state index is 13.1. The van der Waals surface area contributed by atoms with Gasteiger partial charge in [-0.05, 0) is 19.1 Å². The molecule has 2 atom stereocenters. The normalized spacial score (nSPS) is 23.1.